The number of hydrogen-bond donors (Lipinski definition) is 3. The van der Waals surface area contributed by atoms with E-state index in [-0.39, 0.29) is 18.5 Å². The molecule has 0 aliphatic carbocycles. The van der Waals surface area contributed by atoms with Crippen LogP contribution in [0.2, 0.25) is 0 Å². The summed E-state index contributed by atoms with van der Waals surface area (Å²) < 4.78 is 5.48. The average molecular weight is 933 g/mol. The zero-order chi connectivity index (χ0) is 47.9. The molecular weight excluding hydrogens is 815 g/mol. The molecule has 2 atom stereocenters. The zero-order valence-electron chi connectivity index (χ0n) is 44.7. The summed E-state index contributed by atoms with van der Waals surface area (Å²) in [6, 6.07) is -0.537. The molecule has 0 aromatic carbocycles. The van der Waals surface area contributed by atoms with Crippen LogP contribution in [-0.4, -0.2) is 47.4 Å². The summed E-state index contributed by atoms with van der Waals surface area (Å²) in [6.07, 6.45) is 66.6. The van der Waals surface area contributed by atoms with Crippen molar-refractivity contribution in [1.82, 2.24) is 5.32 Å². The molecule has 2 unspecified atom stereocenters. The number of aliphatic hydroxyl groups is 2. The molecule has 66 heavy (non-hydrogen) atoms. The molecule has 0 saturated carbocycles. The molecule has 3 N–H and O–H groups in total. The van der Waals surface area contributed by atoms with Gasteiger partial charge in [0.2, 0.25) is 5.91 Å². The van der Waals surface area contributed by atoms with E-state index in [0.717, 1.165) is 44.9 Å². The Bertz CT molecular complexity index is 986. The highest BCUT2D eigenvalue weighted by molar-refractivity contribution is 5.76. The van der Waals surface area contributed by atoms with Crippen LogP contribution < -0.4 is 5.32 Å². The molecule has 0 bridgehead atoms. The Hall–Kier alpha value is -1.40. The first-order valence-electron chi connectivity index (χ1n) is 29.9. The van der Waals surface area contributed by atoms with Gasteiger partial charge in [0.1, 0.15) is 0 Å². The smallest absolute Gasteiger partial charge is 0.305 e. The third-order valence-corrected chi connectivity index (χ3v) is 14.1. The van der Waals surface area contributed by atoms with Gasteiger partial charge in [-0.25, -0.2) is 0 Å². The summed E-state index contributed by atoms with van der Waals surface area (Å²) in [5, 5.41) is 23.1. The number of allylic oxidation sites excluding steroid dienone is 2. The zero-order valence-corrected chi connectivity index (χ0v) is 44.7. The molecule has 0 heterocycles. The second kappa shape index (κ2) is 56.2. The second-order valence-electron chi connectivity index (χ2n) is 20.7. The second-order valence-corrected chi connectivity index (χ2v) is 20.7. The first-order valence-corrected chi connectivity index (χ1v) is 29.9. The lowest BCUT2D eigenvalue weighted by Crippen LogP contribution is -2.45. The molecule has 392 valence electrons. The van der Waals surface area contributed by atoms with Crippen molar-refractivity contribution < 1.29 is 24.5 Å². The van der Waals surface area contributed by atoms with Gasteiger partial charge in [-0.3, -0.25) is 9.59 Å². The minimum Gasteiger partial charge on any atom is -0.466 e. The van der Waals surface area contributed by atoms with Crippen LogP contribution in [0.1, 0.15) is 335 Å². The largest absolute Gasteiger partial charge is 0.466 e. The quantitative estimate of drug-likeness (QED) is 0.0321. The van der Waals surface area contributed by atoms with E-state index in [1.165, 1.54) is 257 Å². The van der Waals surface area contributed by atoms with Crippen LogP contribution in [0.25, 0.3) is 0 Å². The van der Waals surface area contributed by atoms with E-state index in [4.69, 9.17) is 4.74 Å². The van der Waals surface area contributed by atoms with E-state index in [1.54, 1.807) is 0 Å². The van der Waals surface area contributed by atoms with Crippen molar-refractivity contribution in [1.29, 1.82) is 0 Å². The van der Waals surface area contributed by atoms with Crippen molar-refractivity contribution in [3.63, 3.8) is 0 Å². The lowest BCUT2D eigenvalue weighted by Gasteiger charge is -2.22. The molecule has 0 fully saturated rings. The van der Waals surface area contributed by atoms with E-state index >= 15 is 0 Å². The first kappa shape index (κ1) is 64.6. The summed E-state index contributed by atoms with van der Waals surface area (Å²) in [5.74, 6) is -0.0257. The van der Waals surface area contributed by atoms with Crippen molar-refractivity contribution in [3.05, 3.63) is 12.2 Å². The SMILES string of the molecule is CCCCCCCC/C=C\CCCCCCCC(=O)OCCCCCCCCCCCCCCCCCCCCCCCCCCCC(=O)NC(CO)C(O)CCCCCCCCCCC. The van der Waals surface area contributed by atoms with Gasteiger partial charge in [-0.2, -0.15) is 0 Å². The number of rotatable bonds is 56. The highest BCUT2D eigenvalue weighted by Gasteiger charge is 2.20. The third-order valence-electron chi connectivity index (χ3n) is 14.1. The van der Waals surface area contributed by atoms with Gasteiger partial charge in [0, 0.05) is 12.8 Å². The molecule has 6 nitrogen and oxygen atoms in total. The van der Waals surface area contributed by atoms with Crippen molar-refractivity contribution in [2.24, 2.45) is 0 Å². The van der Waals surface area contributed by atoms with Gasteiger partial charge in [0.25, 0.3) is 0 Å². The summed E-state index contributed by atoms with van der Waals surface area (Å²) in [7, 11) is 0. The van der Waals surface area contributed by atoms with Gasteiger partial charge in [0.15, 0.2) is 0 Å². The van der Waals surface area contributed by atoms with Crippen molar-refractivity contribution in [2.45, 2.75) is 347 Å². The molecule has 0 aliphatic heterocycles. The molecule has 6 heteroatoms. The van der Waals surface area contributed by atoms with Gasteiger partial charge in [-0.15, -0.1) is 0 Å². The Kier molecular flexibility index (Phi) is 55.0. The predicted molar refractivity (Wildman–Crippen MR) is 287 cm³/mol. The fraction of sp³-hybridized carbons (Fsp3) is 0.933. The lowest BCUT2D eigenvalue weighted by molar-refractivity contribution is -0.143. The molecule has 0 aromatic rings. The van der Waals surface area contributed by atoms with E-state index in [9.17, 15) is 19.8 Å². The Balaban J connectivity index is 3.32. The maximum Gasteiger partial charge on any atom is 0.305 e. The maximum absolute atomic E-state index is 12.4. The summed E-state index contributed by atoms with van der Waals surface area (Å²) in [6.45, 7) is 4.94. The normalized spacial score (nSPS) is 12.6. The lowest BCUT2D eigenvalue weighted by atomic mass is 10.0. The number of hydrogen-bond acceptors (Lipinski definition) is 5. The Morgan fingerprint density at radius 2 is 0.712 bits per heavy atom. The Morgan fingerprint density at radius 3 is 1.08 bits per heavy atom. The number of ether oxygens (including phenoxy) is 1. The standard InChI is InChI=1S/C60H117NO5/c1-3-5-7-9-11-13-14-15-27-31-34-38-42-46-50-54-60(65)66-55-51-47-43-39-35-32-29-26-24-22-20-18-16-17-19-21-23-25-28-30-33-37-41-45-49-53-59(64)61-57(56-62)58(63)52-48-44-40-36-12-10-8-6-4-2/h15,27,57-58,62-63H,3-14,16-26,28-56H2,1-2H3,(H,61,64)/b27-15-. The van der Waals surface area contributed by atoms with Gasteiger partial charge in [-0.05, 0) is 51.4 Å². The minimum absolute atomic E-state index is 0.00878. The Morgan fingerprint density at radius 1 is 0.409 bits per heavy atom. The molecule has 0 rings (SSSR count). The first-order chi connectivity index (χ1) is 32.5. The average Bonchev–Trinajstić information content (AvgIpc) is 3.32. The van der Waals surface area contributed by atoms with Gasteiger partial charge < -0.3 is 20.3 Å². The van der Waals surface area contributed by atoms with Crippen molar-refractivity contribution >= 4 is 11.9 Å². The number of aliphatic hydroxyl groups excluding tert-OH is 2. The molecule has 0 aliphatic rings. The van der Waals surface area contributed by atoms with Crippen LogP contribution in [0, 0.1) is 0 Å². The van der Waals surface area contributed by atoms with Gasteiger partial charge >= 0.3 is 5.97 Å². The third kappa shape index (κ3) is 52.0. The van der Waals surface area contributed by atoms with E-state index in [1.807, 2.05) is 0 Å². The topological polar surface area (TPSA) is 95.9 Å². The van der Waals surface area contributed by atoms with Crippen LogP contribution in [0.15, 0.2) is 12.2 Å². The number of nitrogens with one attached hydrogen (secondary N) is 1. The highest BCUT2D eigenvalue weighted by Crippen LogP contribution is 2.18. The van der Waals surface area contributed by atoms with Crippen molar-refractivity contribution in [3.8, 4) is 0 Å². The summed E-state index contributed by atoms with van der Waals surface area (Å²) in [4.78, 5) is 24.5. The minimum atomic E-state index is -0.660. The monoisotopic (exact) mass is 932 g/mol. The Labute approximate surface area is 412 Å². The van der Waals surface area contributed by atoms with E-state index in [0.29, 0.717) is 25.9 Å². The number of unbranched alkanes of at least 4 members (excludes halogenated alkanes) is 43. The summed E-state index contributed by atoms with van der Waals surface area (Å²) in [5.41, 5.74) is 0. The van der Waals surface area contributed by atoms with Crippen LogP contribution >= 0.6 is 0 Å². The molecule has 0 aromatic heterocycles. The molecule has 0 radical (unpaired) electrons. The summed E-state index contributed by atoms with van der Waals surface area (Å²) >= 11 is 0. The number of amides is 1. The maximum atomic E-state index is 12.4. The van der Waals surface area contributed by atoms with Crippen molar-refractivity contribution in [2.75, 3.05) is 13.2 Å². The van der Waals surface area contributed by atoms with Crippen LogP contribution in [-0.2, 0) is 14.3 Å². The molecule has 1 amide bonds. The molecular formula is C60H117NO5. The molecule has 0 spiro atoms. The highest BCUT2D eigenvalue weighted by atomic mass is 16.5. The number of esters is 1. The predicted octanol–water partition coefficient (Wildman–Crippen LogP) is 18.5. The van der Waals surface area contributed by atoms with E-state index in [2.05, 4.69) is 31.3 Å². The van der Waals surface area contributed by atoms with Gasteiger partial charge in [-0.1, -0.05) is 283 Å². The van der Waals surface area contributed by atoms with Crippen LogP contribution in [0.5, 0.6) is 0 Å². The number of carbonyl (C=O) groups excluding carboxylic acids is 2. The van der Waals surface area contributed by atoms with Gasteiger partial charge in [0.05, 0.1) is 25.4 Å². The fourth-order valence-corrected chi connectivity index (χ4v) is 9.46. The fourth-order valence-electron chi connectivity index (χ4n) is 9.46. The van der Waals surface area contributed by atoms with E-state index < -0.39 is 12.1 Å². The number of carbonyl (C=O) groups is 2. The van der Waals surface area contributed by atoms with Crippen LogP contribution in [0.3, 0.4) is 0 Å². The van der Waals surface area contributed by atoms with Crippen LogP contribution in [0.4, 0.5) is 0 Å². The molecule has 0 saturated heterocycles.